The van der Waals surface area contributed by atoms with Crippen LogP contribution in [0, 0.1) is 16.7 Å². The monoisotopic (exact) mass is 240 g/mol. The van der Waals surface area contributed by atoms with Crippen LogP contribution in [-0.4, -0.2) is 11.6 Å². The molecule has 0 aliphatic heterocycles. The molecule has 0 aliphatic rings. The molecule has 0 N–H and O–H groups in total. The lowest BCUT2D eigenvalue weighted by atomic mass is 9.78. The van der Waals surface area contributed by atoms with E-state index in [1.807, 2.05) is 48.5 Å². The summed E-state index contributed by atoms with van der Waals surface area (Å²) < 4.78 is 0. The van der Waals surface area contributed by atoms with Gasteiger partial charge in [-0.25, -0.2) is 0 Å². The molecule has 0 aliphatic carbocycles. The van der Waals surface area contributed by atoms with Crippen molar-refractivity contribution in [1.82, 2.24) is 0 Å². The molecule has 0 spiro atoms. The summed E-state index contributed by atoms with van der Waals surface area (Å²) in [6.07, 6.45) is 2.04. The predicted molar refractivity (Wildman–Crippen MR) is 71.9 cm³/mol. The Bertz CT molecular complexity index is 276. The Morgan fingerprint density at radius 3 is 1.71 bits per heavy atom. The Kier molecular flexibility index (Phi) is 5.57. The maximum atomic E-state index is 12.1. The number of carbonyl (C=O) groups excluding carboxylic acids is 2. The molecule has 0 aromatic carbocycles. The first-order valence-corrected chi connectivity index (χ1v) is 6.57. The Balaban J connectivity index is 4.45. The molecule has 1 atom stereocenters. The lowest BCUT2D eigenvalue weighted by Gasteiger charge is -2.24. The van der Waals surface area contributed by atoms with E-state index in [4.69, 9.17) is 0 Å². The zero-order chi connectivity index (χ0) is 13.9. The van der Waals surface area contributed by atoms with Gasteiger partial charge in [0.2, 0.25) is 0 Å². The van der Waals surface area contributed by atoms with Crippen LogP contribution in [-0.2, 0) is 9.59 Å². The highest BCUT2D eigenvalue weighted by atomic mass is 16.1. The molecule has 0 rings (SSSR count). The van der Waals surface area contributed by atoms with Crippen LogP contribution in [0.4, 0.5) is 0 Å². The topological polar surface area (TPSA) is 34.1 Å². The molecule has 0 amide bonds. The van der Waals surface area contributed by atoms with Gasteiger partial charge in [-0.1, -0.05) is 48.5 Å². The van der Waals surface area contributed by atoms with E-state index in [0.29, 0.717) is 12.8 Å². The molecule has 0 aromatic heterocycles. The van der Waals surface area contributed by atoms with E-state index in [0.717, 1.165) is 6.42 Å². The molecule has 0 radical (unpaired) electrons. The van der Waals surface area contributed by atoms with Crippen molar-refractivity contribution in [1.29, 1.82) is 0 Å². The normalized spacial score (nSPS) is 14.5. The smallest absolute Gasteiger partial charge is 0.141 e. The van der Waals surface area contributed by atoms with Crippen molar-refractivity contribution >= 4 is 11.6 Å². The fraction of sp³-hybridized carbons (Fsp3) is 0.867. The molecule has 0 aromatic rings. The van der Waals surface area contributed by atoms with E-state index in [-0.39, 0.29) is 28.3 Å². The second kappa shape index (κ2) is 5.79. The maximum absolute atomic E-state index is 12.1. The predicted octanol–water partition coefficient (Wildman–Crippen LogP) is 4.02. The molecule has 0 heterocycles. The summed E-state index contributed by atoms with van der Waals surface area (Å²) in [5.74, 6) is 0.556. The van der Waals surface area contributed by atoms with Gasteiger partial charge >= 0.3 is 0 Å². The van der Waals surface area contributed by atoms with Crippen LogP contribution in [0.2, 0.25) is 0 Å². The van der Waals surface area contributed by atoms with E-state index < -0.39 is 0 Å². The molecule has 0 fully saturated rings. The SMILES string of the molecule is CCC(CCC(=O)C(C)(C)C)C(=O)C(C)(C)C. The summed E-state index contributed by atoms with van der Waals surface area (Å²) in [5, 5.41) is 0. The molecular weight excluding hydrogens is 212 g/mol. The minimum Gasteiger partial charge on any atom is -0.299 e. The highest BCUT2D eigenvalue weighted by molar-refractivity contribution is 5.87. The number of carbonyl (C=O) groups is 2. The van der Waals surface area contributed by atoms with Crippen molar-refractivity contribution in [3.63, 3.8) is 0 Å². The van der Waals surface area contributed by atoms with Crippen LogP contribution in [0.25, 0.3) is 0 Å². The van der Waals surface area contributed by atoms with Gasteiger partial charge in [-0.05, 0) is 12.8 Å². The van der Waals surface area contributed by atoms with Crippen LogP contribution in [0.3, 0.4) is 0 Å². The average molecular weight is 240 g/mol. The van der Waals surface area contributed by atoms with E-state index >= 15 is 0 Å². The minimum atomic E-state index is -0.300. The van der Waals surface area contributed by atoms with Gasteiger partial charge in [-0.15, -0.1) is 0 Å². The van der Waals surface area contributed by atoms with E-state index in [1.165, 1.54) is 0 Å². The zero-order valence-electron chi connectivity index (χ0n) is 12.5. The first-order chi connectivity index (χ1) is 7.50. The lowest BCUT2D eigenvalue weighted by molar-refractivity contribution is -0.131. The fourth-order valence-electron chi connectivity index (χ4n) is 1.81. The number of hydrogen-bond donors (Lipinski definition) is 0. The molecular formula is C15H28O2. The maximum Gasteiger partial charge on any atom is 0.141 e. The summed E-state index contributed by atoms with van der Waals surface area (Å²) in [6, 6.07) is 0. The van der Waals surface area contributed by atoms with Crippen LogP contribution in [0.5, 0.6) is 0 Å². The molecule has 2 heteroatoms. The Morgan fingerprint density at radius 1 is 0.941 bits per heavy atom. The highest BCUT2D eigenvalue weighted by Gasteiger charge is 2.30. The van der Waals surface area contributed by atoms with E-state index in [1.54, 1.807) is 0 Å². The van der Waals surface area contributed by atoms with Crippen LogP contribution >= 0.6 is 0 Å². The highest BCUT2D eigenvalue weighted by Crippen LogP contribution is 2.27. The summed E-state index contributed by atoms with van der Waals surface area (Å²) in [5.41, 5.74) is -0.589. The lowest BCUT2D eigenvalue weighted by Crippen LogP contribution is -2.29. The van der Waals surface area contributed by atoms with Crippen molar-refractivity contribution in [3.8, 4) is 0 Å². The van der Waals surface area contributed by atoms with Crippen LogP contribution < -0.4 is 0 Å². The third kappa shape index (κ3) is 5.47. The Hall–Kier alpha value is -0.660. The van der Waals surface area contributed by atoms with Crippen molar-refractivity contribution in [3.05, 3.63) is 0 Å². The standard InChI is InChI=1S/C15H28O2/c1-8-11(13(17)15(5,6)7)9-10-12(16)14(2,3)4/h11H,8-10H2,1-7H3. The van der Waals surface area contributed by atoms with Gasteiger partial charge < -0.3 is 0 Å². The fourth-order valence-corrected chi connectivity index (χ4v) is 1.81. The quantitative estimate of drug-likeness (QED) is 0.727. The summed E-state index contributed by atoms with van der Waals surface area (Å²) in [7, 11) is 0. The third-order valence-corrected chi connectivity index (χ3v) is 3.16. The second-order valence-corrected chi connectivity index (χ2v) is 6.93. The number of Topliss-reactive ketones (excluding diaryl/α,β-unsaturated/α-hetero) is 2. The molecule has 0 saturated carbocycles. The van der Waals surface area contributed by atoms with Crippen molar-refractivity contribution < 1.29 is 9.59 Å². The van der Waals surface area contributed by atoms with Crippen molar-refractivity contribution in [2.24, 2.45) is 16.7 Å². The van der Waals surface area contributed by atoms with Gasteiger partial charge in [0, 0.05) is 23.2 Å². The molecule has 0 saturated heterocycles. The van der Waals surface area contributed by atoms with Crippen molar-refractivity contribution in [2.75, 3.05) is 0 Å². The van der Waals surface area contributed by atoms with Crippen LogP contribution in [0.1, 0.15) is 67.7 Å². The number of hydrogen-bond acceptors (Lipinski definition) is 2. The molecule has 2 nitrogen and oxygen atoms in total. The van der Waals surface area contributed by atoms with E-state index in [9.17, 15) is 9.59 Å². The van der Waals surface area contributed by atoms with Gasteiger partial charge in [0.25, 0.3) is 0 Å². The number of ketones is 2. The zero-order valence-corrected chi connectivity index (χ0v) is 12.5. The third-order valence-electron chi connectivity index (χ3n) is 3.16. The first-order valence-electron chi connectivity index (χ1n) is 6.57. The molecule has 0 bridgehead atoms. The molecule has 1 unspecified atom stereocenters. The summed E-state index contributed by atoms with van der Waals surface area (Å²) >= 11 is 0. The Morgan fingerprint density at radius 2 is 1.41 bits per heavy atom. The number of rotatable bonds is 5. The molecule has 17 heavy (non-hydrogen) atoms. The van der Waals surface area contributed by atoms with Gasteiger partial charge in [0.05, 0.1) is 0 Å². The first kappa shape index (κ1) is 16.3. The summed E-state index contributed by atoms with van der Waals surface area (Å²) in [6.45, 7) is 13.7. The van der Waals surface area contributed by atoms with Gasteiger partial charge in [0.15, 0.2) is 0 Å². The van der Waals surface area contributed by atoms with Gasteiger partial charge in [-0.3, -0.25) is 9.59 Å². The average Bonchev–Trinajstić information content (AvgIpc) is 2.15. The van der Waals surface area contributed by atoms with Gasteiger partial charge in [-0.2, -0.15) is 0 Å². The molecule has 100 valence electrons. The van der Waals surface area contributed by atoms with Crippen molar-refractivity contribution in [2.45, 2.75) is 67.7 Å². The Labute approximate surface area is 106 Å². The largest absolute Gasteiger partial charge is 0.299 e. The van der Waals surface area contributed by atoms with Gasteiger partial charge in [0.1, 0.15) is 11.6 Å². The summed E-state index contributed by atoms with van der Waals surface area (Å²) in [4.78, 5) is 24.0. The minimum absolute atomic E-state index is 0.0290. The van der Waals surface area contributed by atoms with Crippen LogP contribution in [0.15, 0.2) is 0 Å². The second-order valence-electron chi connectivity index (χ2n) is 6.93. The van der Waals surface area contributed by atoms with E-state index in [2.05, 4.69) is 0 Å².